The van der Waals surface area contributed by atoms with Gasteiger partial charge in [0.05, 0.1) is 11.4 Å². The van der Waals surface area contributed by atoms with Crippen LogP contribution in [0.15, 0.2) is 51.8 Å². The van der Waals surface area contributed by atoms with Crippen LogP contribution in [0.25, 0.3) is 11.1 Å². The standard InChI is InChI=1S/C24H28ClN3O3S/c25-20-8-11-22-23(16-20)31-24(26-22)17-27-12-14-28(15-13-27)32(29,30)21-9-6-19(7-10-21)18-4-2-1-3-5-18/h6-11,16,18H,1-5,12-15,17H2. The minimum absolute atomic E-state index is 0.390. The van der Waals surface area contributed by atoms with Gasteiger partial charge in [-0.3, -0.25) is 4.90 Å². The monoisotopic (exact) mass is 473 g/mol. The number of halogens is 1. The fourth-order valence-electron chi connectivity index (χ4n) is 4.83. The summed E-state index contributed by atoms with van der Waals surface area (Å²) >= 11 is 6.02. The fraction of sp³-hybridized carbons (Fsp3) is 0.458. The van der Waals surface area contributed by atoms with Crippen molar-refractivity contribution >= 4 is 32.7 Å². The van der Waals surface area contributed by atoms with Crippen LogP contribution in [0, 0.1) is 0 Å². The van der Waals surface area contributed by atoms with Crippen molar-refractivity contribution < 1.29 is 12.8 Å². The molecular weight excluding hydrogens is 446 g/mol. The highest BCUT2D eigenvalue weighted by molar-refractivity contribution is 7.89. The summed E-state index contributed by atoms with van der Waals surface area (Å²) < 4.78 is 33.7. The molecule has 170 valence electrons. The van der Waals surface area contributed by atoms with E-state index in [1.54, 1.807) is 28.6 Å². The van der Waals surface area contributed by atoms with Gasteiger partial charge in [-0.1, -0.05) is 43.0 Å². The Labute approximate surface area is 194 Å². The summed E-state index contributed by atoms with van der Waals surface area (Å²) in [5.74, 6) is 1.20. The van der Waals surface area contributed by atoms with Crippen molar-refractivity contribution in [2.24, 2.45) is 0 Å². The van der Waals surface area contributed by atoms with Crippen LogP contribution in [-0.2, 0) is 16.6 Å². The average Bonchev–Trinajstić information content (AvgIpc) is 3.21. The van der Waals surface area contributed by atoms with Gasteiger partial charge in [-0.05, 0) is 48.6 Å². The molecule has 2 aromatic carbocycles. The SMILES string of the molecule is O=S(=O)(c1ccc(C2CCCCC2)cc1)N1CCN(Cc2nc3ccc(Cl)cc3o2)CC1. The van der Waals surface area contributed by atoms with Gasteiger partial charge in [0.25, 0.3) is 0 Å². The summed E-state index contributed by atoms with van der Waals surface area (Å²) in [7, 11) is -3.48. The summed E-state index contributed by atoms with van der Waals surface area (Å²) in [6.07, 6.45) is 6.27. The van der Waals surface area contributed by atoms with Crippen molar-refractivity contribution in [1.82, 2.24) is 14.2 Å². The Morgan fingerprint density at radius 2 is 1.69 bits per heavy atom. The lowest BCUT2D eigenvalue weighted by Crippen LogP contribution is -2.48. The van der Waals surface area contributed by atoms with Crippen molar-refractivity contribution in [1.29, 1.82) is 0 Å². The molecule has 2 heterocycles. The Morgan fingerprint density at radius 3 is 2.41 bits per heavy atom. The largest absolute Gasteiger partial charge is 0.439 e. The molecule has 2 aliphatic rings. The van der Waals surface area contributed by atoms with Gasteiger partial charge in [0, 0.05) is 37.3 Å². The molecule has 32 heavy (non-hydrogen) atoms. The van der Waals surface area contributed by atoms with Crippen molar-refractivity contribution in [3.8, 4) is 0 Å². The number of sulfonamides is 1. The highest BCUT2D eigenvalue weighted by atomic mass is 35.5. The fourth-order valence-corrected chi connectivity index (χ4v) is 6.41. The van der Waals surface area contributed by atoms with Crippen molar-refractivity contribution in [2.45, 2.75) is 49.5 Å². The van der Waals surface area contributed by atoms with E-state index in [1.165, 1.54) is 37.7 Å². The highest BCUT2D eigenvalue weighted by Gasteiger charge is 2.29. The summed E-state index contributed by atoms with van der Waals surface area (Å²) in [6, 6.07) is 13.0. The molecule has 0 amide bonds. The van der Waals surface area contributed by atoms with Gasteiger partial charge >= 0.3 is 0 Å². The number of benzene rings is 2. The molecule has 1 aromatic heterocycles. The predicted molar refractivity (Wildman–Crippen MR) is 125 cm³/mol. The topological polar surface area (TPSA) is 66.7 Å². The van der Waals surface area contributed by atoms with Crippen molar-refractivity contribution in [3.63, 3.8) is 0 Å². The first-order valence-corrected chi connectivity index (χ1v) is 13.2. The van der Waals surface area contributed by atoms with Crippen LogP contribution in [0.2, 0.25) is 5.02 Å². The van der Waals surface area contributed by atoms with Gasteiger partial charge in [0.15, 0.2) is 5.58 Å². The lowest BCUT2D eigenvalue weighted by Gasteiger charge is -2.33. The molecule has 1 saturated carbocycles. The second kappa shape index (κ2) is 9.14. The van der Waals surface area contributed by atoms with Crippen LogP contribution >= 0.6 is 11.6 Å². The third-order valence-electron chi connectivity index (χ3n) is 6.68. The van der Waals surface area contributed by atoms with E-state index < -0.39 is 10.0 Å². The Hall–Kier alpha value is -1.93. The smallest absolute Gasteiger partial charge is 0.243 e. The number of hydrogen-bond donors (Lipinski definition) is 0. The Bertz CT molecular complexity index is 1180. The lowest BCUT2D eigenvalue weighted by atomic mass is 9.84. The third-order valence-corrected chi connectivity index (χ3v) is 8.83. The number of piperazine rings is 1. The molecule has 0 radical (unpaired) electrons. The number of hydrogen-bond acceptors (Lipinski definition) is 5. The van der Waals surface area contributed by atoms with Crippen LogP contribution in [0.1, 0.15) is 49.5 Å². The van der Waals surface area contributed by atoms with E-state index in [4.69, 9.17) is 16.0 Å². The molecule has 0 N–H and O–H groups in total. The number of aromatic nitrogens is 1. The zero-order valence-corrected chi connectivity index (χ0v) is 19.6. The van der Waals surface area contributed by atoms with E-state index in [0.717, 1.165) is 5.52 Å². The number of oxazole rings is 1. The maximum atomic E-state index is 13.2. The van der Waals surface area contributed by atoms with E-state index in [0.29, 0.717) is 60.0 Å². The number of rotatable bonds is 5. The zero-order valence-electron chi connectivity index (χ0n) is 18.0. The van der Waals surface area contributed by atoms with Crippen LogP contribution in [-0.4, -0.2) is 48.8 Å². The van der Waals surface area contributed by atoms with Crippen molar-refractivity contribution in [3.05, 3.63) is 58.9 Å². The molecular formula is C24H28ClN3O3S. The molecule has 0 bridgehead atoms. The Kier molecular flexibility index (Phi) is 6.25. The highest BCUT2D eigenvalue weighted by Crippen LogP contribution is 2.33. The van der Waals surface area contributed by atoms with Gasteiger partial charge in [-0.25, -0.2) is 13.4 Å². The van der Waals surface area contributed by atoms with Crippen LogP contribution in [0.4, 0.5) is 0 Å². The molecule has 1 saturated heterocycles. The minimum atomic E-state index is -3.48. The molecule has 2 fully saturated rings. The molecule has 6 nitrogen and oxygen atoms in total. The van der Waals surface area contributed by atoms with E-state index in [1.807, 2.05) is 18.2 Å². The molecule has 8 heteroatoms. The number of fused-ring (bicyclic) bond motifs is 1. The second-order valence-corrected chi connectivity index (χ2v) is 11.2. The molecule has 0 unspecified atom stereocenters. The van der Waals surface area contributed by atoms with E-state index in [2.05, 4.69) is 9.88 Å². The first-order chi connectivity index (χ1) is 15.5. The minimum Gasteiger partial charge on any atom is -0.439 e. The van der Waals surface area contributed by atoms with Crippen molar-refractivity contribution in [2.75, 3.05) is 26.2 Å². The van der Waals surface area contributed by atoms with E-state index in [-0.39, 0.29) is 0 Å². The summed E-state index contributed by atoms with van der Waals surface area (Å²) in [5, 5.41) is 0.616. The normalized spacial score (nSPS) is 19.5. The summed E-state index contributed by atoms with van der Waals surface area (Å²) in [4.78, 5) is 7.07. The van der Waals surface area contributed by atoms with Gasteiger partial charge in [-0.2, -0.15) is 4.31 Å². The predicted octanol–water partition coefficient (Wildman–Crippen LogP) is 5.04. The molecule has 0 atom stereocenters. The first kappa shape index (κ1) is 21.9. The van der Waals surface area contributed by atoms with Crippen LogP contribution in [0.5, 0.6) is 0 Å². The summed E-state index contributed by atoms with van der Waals surface area (Å²) in [5.41, 5.74) is 2.72. The second-order valence-electron chi connectivity index (χ2n) is 8.80. The zero-order chi connectivity index (χ0) is 22.1. The third kappa shape index (κ3) is 4.57. The average molecular weight is 474 g/mol. The number of nitrogens with zero attached hydrogens (tertiary/aromatic N) is 3. The quantitative estimate of drug-likeness (QED) is 0.519. The molecule has 1 aliphatic carbocycles. The molecule has 5 rings (SSSR count). The van der Waals surface area contributed by atoms with E-state index in [9.17, 15) is 8.42 Å². The maximum Gasteiger partial charge on any atom is 0.243 e. The molecule has 3 aromatic rings. The molecule has 0 spiro atoms. The van der Waals surface area contributed by atoms with Gasteiger partial charge in [0.2, 0.25) is 15.9 Å². The molecule has 1 aliphatic heterocycles. The maximum absolute atomic E-state index is 13.2. The van der Waals surface area contributed by atoms with Gasteiger partial charge in [-0.15, -0.1) is 0 Å². The Morgan fingerprint density at radius 1 is 0.969 bits per heavy atom. The lowest BCUT2D eigenvalue weighted by molar-refractivity contribution is 0.169. The first-order valence-electron chi connectivity index (χ1n) is 11.4. The summed E-state index contributed by atoms with van der Waals surface area (Å²) in [6.45, 7) is 2.74. The van der Waals surface area contributed by atoms with Gasteiger partial charge in [0.1, 0.15) is 5.52 Å². The Balaban J connectivity index is 1.21. The van der Waals surface area contributed by atoms with Crippen LogP contribution in [0.3, 0.4) is 0 Å². The van der Waals surface area contributed by atoms with E-state index >= 15 is 0 Å². The van der Waals surface area contributed by atoms with Gasteiger partial charge < -0.3 is 4.42 Å². The van der Waals surface area contributed by atoms with Crippen LogP contribution < -0.4 is 0 Å².